The second-order valence-corrected chi connectivity index (χ2v) is 6.82. The molecule has 6 heteroatoms. The van der Waals surface area contributed by atoms with Crippen LogP contribution >= 0.6 is 11.3 Å². The fourth-order valence-electron chi connectivity index (χ4n) is 2.55. The Morgan fingerprint density at radius 3 is 2.76 bits per heavy atom. The Balaban J connectivity index is 2.10. The topological polar surface area (TPSA) is 66.8 Å². The third-order valence-corrected chi connectivity index (χ3v) is 4.57. The second kappa shape index (κ2) is 7.04. The summed E-state index contributed by atoms with van der Waals surface area (Å²) in [7, 11) is 0. The van der Waals surface area contributed by atoms with Gasteiger partial charge in [0.25, 0.3) is 5.91 Å². The molecular weight excluding hydrogens is 290 g/mol. The summed E-state index contributed by atoms with van der Waals surface area (Å²) in [6, 6.07) is 1.88. The van der Waals surface area contributed by atoms with Gasteiger partial charge in [-0.3, -0.25) is 9.59 Å². The number of nitrogens with zero attached hydrogens (tertiary/aromatic N) is 1. The van der Waals surface area contributed by atoms with Crippen LogP contribution in [0.2, 0.25) is 0 Å². The third-order valence-electron chi connectivity index (χ3n) is 3.60. The number of carbonyl (C=O) groups is 2. The zero-order valence-electron chi connectivity index (χ0n) is 12.4. The van der Waals surface area contributed by atoms with Gasteiger partial charge >= 0.3 is 5.97 Å². The van der Waals surface area contributed by atoms with Crippen LogP contribution in [-0.4, -0.2) is 47.7 Å². The van der Waals surface area contributed by atoms with E-state index in [0.717, 1.165) is 29.2 Å². The minimum atomic E-state index is -0.890. The average Bonchev–Trinajstić information content (AvgIpc) is 3.03. The molecule has 5 nitrogen and oxygen atoms in total. The van der Waals surface area contributed by atoms with Gasteiger partial charge in [0, 0.05) is 29.5 Å². The number of rotatable bonds is 6. The minimum absolute atomic E-state index is 0.0304. The molecule has 1 saturated heterocycles. The van der Waals surface area contributed by atoms with Crippen LogP contribution in [0, 0.1) is 13.8 Å². The summed E-state index contributed by atoms with van der Waals surface area (Å²) >= 11 is 1.59. The van der Waals surface area contributed by atoms with E-state index in [0.29, 0.717) is 12.1 Å². The van der Waals surface area contributed by atoms with Crippen molar-refractivity contribution < 1.29 is 19.4 Å². The quantitative estimate of drug-likeness (QED) is 0.876. The largest absolute Gasteiger partial charge is 0.481 e. The highest BCUT2D eigenvalue weighted by atomic mass is 32.1. The number of aryl methyl sites for hydroxylation is 2. The number of aliphatic carboxylic acids is 1. The summed E-state index contributed by atoms with van der Waals surface area (Å²) < 4.78 is 5.57. The molecule has 1 aliphatic heterocycles. The van der Waals surface area contributed by atoms with Gasteiger partial charge in [-0.1, -0.05) is 0 Å². The van der Waals surface area contributed by atoms with E-state index < -0.39 is 5.97 Å². The normalized spacial score (nSPS) is 17.9. The van der Waals surface area contributed by atoms with Gasteiger partial charge in [-0.25, -0.2) is 0 Å². The van der Waals surface area contributed by atoms with E-state index in [4.69, 9.17) is 9.84 Å². The molecule has 1 aromatic rings. The molecule has 0 aliphatic carbocycles. The van der Waals surface area contributed by atoms with Crippen molar-refractivity contribution in [3.63, 3.8) is 0 Å². The van der Waals surface area contributed by atoms with E-state index in [9.17, 15) is 9.59 Å². The highest BCUT2D eigenvalue weighted by Crippen LogP contribution is 2.23. The van der Waals surface area contributed by atoms with Crippen molar-refractivity contribution in [1.82, 2.24) is 4.90 Å². The van der Waals surface area contributed by atoms with Crippen LogP contribution in [0.15, 0.2) is 6.07 Å². The van der Waals surface area contributed by atoms with E-state index >= 15 is 0 Å². The van der Waals surface area contributed by atoms with E-state index in [1.807, 2.05) is 19.9 Å². The van der Waals surface area contributed by atoms with Crippen molar-refractivity contribution >= 4 is 23.2 Å². The van der Waals surface area contributed by atoms with Gasteiger partial charge in [0.05, 0.1) is 18.1 Å². The SMILES string of the molecule is Cc1cc(C(=O)N(CCC(=O)O)C[C@H]2CCCO2)c(C)s1. The molecule has 0 spiro atoms. The lowest BCUT2D eigenvalue weighted by Gasteiger charge is -2.25. The fourth-order valence-corrected chi connectivity index (χ4v) is 3.47. The summed E-state index contributed by atoms with van der Waals surface area (Å²) in [5, 5.41) is 8.87. The molecule has 2 heterocycles. The standard InChI is InChI=1S/C15H21NO4S/c1-10-8-13(11(2)21-10)15(19)16(6-5-14(17)18)9-12-4-3-7-20-12/h8,12H,3-7,9H2,1-2H3,(H,17,18)/t12-/m1/s1. The Hall–Kier alpha value is -1.40. The van der Waals surface area contributed by atoms with Crippen molar-refractivity contribution in [2.45, 2.75) is 39.2 Å². The van der Waals surface area contributed by atoms with Crippen LogP contribution < -0.4 is 0 Å². The van der Waals surface area contributed by atoms with Gasteiger partial charge in [-0.05, 0) is 32.8 Å². The molecule has 0 radical (unpaired) electrons. The van der Waals surface area contributed by atoms with Gasteiger partial charge in [0.15, 0.2) is 0 Å². The summed E-state index contributed by atoms with van der Waals surface area (Å²) in [5.74, 6) is -0.980. The van der Waals surface area contributed by atoms with E-state index in [2.05, 4.69) is 0 Å². The molecule has 116 valence electrons. The molecule has 1 aromatic heterocycles. The molecule has 1 N–H and O–H groups in total. The highest BCUT2D eigenvalue weighted by molar-refractivity contribution is 7.12. The van der Waals surface area contributed by atoms with Gasteiger partial charge < -0.3 is 14.7 Å². The monoisotopic (exact) mass is 311 g/mol. The first-order valence-electron chi connectivity index (χ1n) is 7.17. The van der Waals surface area contributed by atoms with Crippen molar-refractivity contribution in [3.05, 3.63) is 21.4 Å². The second-order valence-electron chi connectivity index (χ2n) is 5.36. The predicted octanol–water partition coefficient (Wildman–Crippen LogP) is 2.46. The number of carboxylic acids is 1. The first kappa shape index (κ1) is 16.0. The van der Waals surface area contributed by atoms with Crippen LogP contribution in [-0.2, 0) is 9.53 Å². The summed E-state index contributed by atoms with van der Waals surface area (Å²) in [6.45, 7) is 5.31. The number of hydrogen-bond acceptors (Lipinski definition) is 4. The lowest BCUT2D eigenvalue weighted by atomic mass is 10.1. The lowest BCUT2D eigenvalue weighted by molar-refractivity contribution is -0.137. The molecule has 0 saturated carbocycles. The Labute approximate surface area is 128 Å². The zero-order chi connectivity index (χ0) is 15.4. The molecule has 1 aliphatic rings. The molecule has 1 atom stereocenters. The maximum atomic E-state index is 12.7. The van der Waals surface area contributed by atoms with Gasteiger partial charge in [0.2, 0.25) is 0 Å². The van der Waals surface area contributed by atoms with Crippen molar-refractivity contribution in [3.8, 4) is 0 Å². The molecule has 21 heavy (non-hydrogen) atoms. The Morgan fingerprint density at radius 2 is 2.24 bits per heavy atom. The number of ether oxygens (including phenoxy) is 1. The Morgan fingerprint density at radius 1 is 1.48 bits per heavy atom. The van der Waals surface area contributed by atoms with Gasteiger partial charge in [-0.15, -0.1) is 11.3 Å². The van der Waals surface area contributed by atoms with Crippen LogP contribution in [0.5, 0.6) is 0 Å². The van der Waals surface area contributed by atoms with Crippen LogP contribution in [0.3, 0.4) is 0 Å². The minimum Gasteiger partial charge on any atom is -0.481 e. The first-order valence-corrected chi connectivity index (χ1v) is 7.98. The molecule has 1 fully saturated rings. The Kier molecular flexibility index (Phi) is 5.36. The number of thiophene rings is 1. The highest BCUT2D eigenvalue weighted by Gasteiger charge is 2.25. The number of amides is 1. The first-order chi connectivity index (χ1) is 9.97. The third kappa shape index (κ3) is 4.28. The maximum Gasteiger partial charge on any atom is 0.305 e. The molecular formula is C15H21NO4S. The average molecular weight is 311 g/mol. The zero-order valence-corrected chi connectivity index (χ0v) is 13.2. The molecule has 0 aromatic carbocycles. The number of carboxylic acid groups (broad SMARTS) is 1. The van der Waals surface area contributed by atoms with E-state index in [1.165, 1.54) is 0 Å². The van der Waals surface area contributed by atoms with Gasteiger partial charge in [0.1, 0.15) is 0 Å². The summed E-state index contributed by atoms with van der Waals surface area (Å²) in [4.78, 5) is 27.2. The summed E-state index contributed by atoms with van der Waals surface area (Å²) in [6.07, 6.45) is 1.92. The molecule has 0 bridgehead atoms. The van der Waals surface area contributed by atoms with E-state index in [-0.39, 0.29) is 25.0 Å². The lowest BCUT2D eigenvalue weighted by Crippen LogP contribution is -2.38. The van der Waals surface area contributed by atoms with Gasteiger partial charge in [-0.2, -0.15) is 0 Å². The Bertz CT molecular complexity index is 520. The number of carbonyl (C=O) groups excluding carboxylic acids is 1. The van der Waals surface area contributed by atoms with Crippen molar-refractivity contribution in [1.29, 1.82) is 0 Å². The maximum absolute atomic E-state index is 12.7. The molecule has 2 rings (SSSR count). The summed E-state index contributed by atoms with van der Waals surface area (Å²) in [5.41, 5.74) is 0.681. The smallest absolute Gasteiger partial charge is 0.305 e. The van der Waals surface area contributed by atoms with Crippen molar-refractivity contribution in [2.24, 2.45) is 0 Å². The van der Waals surface area contributed by atoms with Crippen molar-refractivity contribution in [2.75, 3.05) is 19.7 Å². The predicted molar refractivity (Wildman–Crippen MR) is 80.9 cm³/mol. The fraction of sp³-hybridized carbons (Fsp3) is 0.600. The number of hydrogen-bond donors (Lipinski definition) is 1. The molecule has 0 unspecified atom stereocenters. The molecule has 1 amide bonds. The van der Waals surface area contributed by atoms with Crippen LogP contribution in [0.1, 0.15) is 39.4 Å². The van der Waals surface area contributed by atoms with Crippen LogP contribution in [0.25, 0.3) is 0 Å². The van der Waals surface area contributed by atoms with E-state index in [1.54, 1.807) is 16.2 Å². The van der Waals surface area contributed by atoms with Crippen LogP contribution in [0.4, 0.5) is 0 Å².